The molecule has 1 aromatic carbocycles. The maximum atomic E-state index is 13.4. The minimum Gasteiger partial charge on any atom is -0.366 e. The first kappa shape index (κ1) is 15.9. The van der Waals surface area contributed by atoms with Crippen LogP contribution in [0, 0.1) is 5.82 Å². The Bertz CT molecular complexity index is 755. The molecule has 0 unspecified atom stereocenters. The molecule has 1 fully saturated rings. The number of hydrogen-bond acceptors (Lipinski definition) is 3. The standard InChI is InChI=1S/C18H21FN2O2/c1-17(2)10-21(11-18(3,4)23-17)16(22)13-7-12-8-14(19)5-6-15(12)20-9-13/h5-9H,10-11H2,1-4H3. The number of carbonyl (C=O) groups is 1. The molecule has 0 aliphatic carbocycles. The molecule has 23 heavy (non-hydrogen) atoms. The number of carbonyl (C=O) groups excluding carboxylic acids is 1. The van der Waals surface area contributed by atoms with Crippen LogP contribution in [-0.2, 0) is 4.74 Å². The number of hydrogen-bond donors (Lipinski definition) is 0. The van der Waals surface area contributed by atoms with Gasteiger partial charge in [0.1, 0.15) is 5.82 Å². The fourth-order valence-corrected chi connectivity index (χ4v) is 3.33. The van der Waals surface area contributed by atoms with Crippen molar-refractivity contribution in [1.82, 2.24) is 9.88 Å². The molecule has 1 amide bonds. The van der Waals surface area contributed by atoms with Crippen LogP contribution in [-0.4, -0.2) is 40.1 Å². The maximum Gasteiger partial charge on any atom is 0.255 e. The number of ether oxygens (including phenoxy) is 1. The molecule has 0 spiro atoms. The smallest absolute Gasteiger partial charge is 0.255 e. The van der Waals surface area contributed by atoms with Crippen LogP contribution < -0.4 is 0 Å². The van der Waals surface area contributed by atoms with E-state index in [1.165, 1.54) is 12.1 Å². The van der Waals surface area contributed by atoms with Crippen LogP contribution in [0.25, 0.3) is 10.9 Å². The molecule has 1 aromatic heterocycles. The minimum atomic E-state index is -0.409. The molecular formula is C18H21FN2O2. The van der Waals surface area contributed by atoms with Crippen LogP contribution >= 0.6 is 0 Å². The van der Waals surface area contributed by atoms with Crippen LogP contribution in [0.1, 0.15) is 38.1 Å². The summed E-state index contributed by atoms with van der Waals surface area (Å²) >= 11 is 0. The summed E-state index contributed by atoms with van der Waals surface area (Å²) < 4.78 is 19.4. The SMILES string of the molecule is CC1(C)CN(C(=O)c2cnc3ccc(F)cc3c2)CC(C)(C)O1. The summed E-state index contributed by atoms with van der Waals surface area (Å²) in [4.78, 5) is 18.9. The van der Waals surface area contributed by atoms with Gasteiger partial charge in [0.2, 0.25) is 0 Å². The lowest BCUT2D eigenvalue weighted by molar-refractivity contribution is -0.171. The lowest BCUT2D eigenvalue weighted by atomic mass is 9.98. The molecule has 0 radical (unpaired) electrons. The molecule has 1 aliphatic rings. The Morgan fingerprint density at radius 1 is 1.17 bits per heavy atom. The molecule has 0 saturated carbocycles. The van der Waals surface area contributed by atoms with Crippen molar-refractivity contribution in [2.45, 2.75) is 38.9 Å². The minimum absolute atomic E-state index is 0.104. The zero-order valence-electron chi connectivity index (χ0n) is 13.9. The number of benzene rings is 1. The molecule has 0 N–H and O–H groups in total. The quantitative estimate of drug-likeness (QED) is 0.810. The highest BCUT2D eigenvalue weighted by Crippen LogP contribution is 2.29. The maximum absolute atomic E-state index is 13.4. The van der Waals surface area contributed by atoms with Crippen LogP contribution in [0.2, 0.25) is 0 Å². The molecular weight excluding hydrogens is 295 g/mol. The average molecular weight is 316 g/mol. The summed E-state index contributed by atoms with van der Waals surface area (Å²) in [7, 11) is 0. The van der Waals surface area contributed by atoms with Gasteiger partial charge in [-0.25, -0.2) is 4.39 Å². The van der Waals surface area contributed by atoms with Gasteiger partial charge in [-0.3, -0.25) is 9.78 Å². The van der Waals surface area contributed by atoms with Crippen molar-refractivity contribution in [2.75, 3.05) is 13.1 Å². The van der Waals surface area contributed by atoms with E-state index in [4.69, 9.17) is 4.74 Å². The van der Waals surface area contributed by atoms with Gasteiger partial charge in [0.15, 0.2) is 0 Å². The summed E-state index contributed by atoms with van der Waals surface area (Å²) in [5.41, 5.74) is 0.323. The Kier molecular flexibility index (Phi) is 3.64. The summed E-state index contributed by atoms with van der Waals surface area (Å²) in [6.45, 7) is 8.92. The van der Waals surface area contributed by atoms with Gasteiger partial charge in [0.05, 0.1) is 22.3 Å². The molecule has 2 heterocycles. The van der Waals surface area contributed by atoms with Crippen LogP contribution in [0.5, 0.6) is 0 Å². The summed E-state index contributed by atoms with van der Waals surface area (Å²) in [5.74, 6) is -0.439. The van der Waals surface area contributed by atoms with Gasteiger partial charge in [-0.1, -0.05) is 0 Å². The molecule has 1 aliphatic heterocycles. The third-order valence-corrected chi connectivity index (χ3v) is 3.87. The molecule has 3 rings (SSSR count). The molecule has 4 nitrogen and oxygen atoms in total. The van der Waals surface area contributed by atoms with E-state index in [1.54, 1.807) is 23.2 Å². The van der Waals surface area contributed by atoms with Gasteiger partial charge >= 0.3 is 0 Å². The average Bonchev–Trinajstić information content (AvgIpc) is 2.42. The fourth-order valence-electron chi connectivity index (χ4n) is 3.33. The zero-order chi connectivity index (χ0) is 16.8. The number of fused-ring (bicyclic) bond motifs is 1. The number of aromatic nitrogens is 1. The number of rotatable bonds is 1. The van der Waals surface area contributed by atoms with Gasteiger partial charge in [-0.15, -0.1) is 0 Å². The number of morpholine rings is 1. The summed E-state index contributed by atoms with van der Waals surface area (Å²) in [5, 5.41) is 0.627. The Morgan fingerprint density at radius 2 is 1.83 bits per heavy atom. The van der Waals surface area contributed by atoms with Gasteiger partial charge in [0.25, 0.3) is 5.91 Å². The molecule has 5 heteroatoms. The first-order valence-corrected chi connectivity index (χ1v) is 7.70. The predicted octanol–water partition coefficient (Wildman–Crippen LogP) is 3.40. The van der Waals surface area contributed by atoms with Crippen molar-refractivity contribution in [3.05, 3.63) is 41.8 Å². The van der Waals surface area contributed by atoms with Crippen LogP contribution in [0.15, 0.2) is 30.5 Å². The zero-order valence-corrected chi connectivity index (χ0v) is 13.9. The van der Waals surface area contributed by atoms with E-state index >= 15 is 0 Å². The van der Waals surface area contributed by atoms with Crippen LogP contribution in [0.3, 0.4) is 0 Å². The van der Waals surface area contributed by atoms with E-state index in [2.05, 4.69) is 4.98 Å². The highest BCUT2D eigenvalue weighted by Gasteiger charge is 2.40. The first-order chi connectivity index (χ1) is 10.7. The largest absolute Gasteiger partial charge is 0.366 e. The van der Waals surface area contributed by atoms with Gasteiger partial charge in [0, 0.05) is 24.7 Å². The molecule has 1 saturated heterocycles. The van der Waals surface area contributed by atoms with E-state index in [0.29, 0.717) is 29.6 Å². The Morgan fingerprint density at radius 3 is 2.48 bits per heavy atom. The summed E-state index contributed by atoms with van der Waals surface area (Å²) in [6, 6.07) is 6.07. The second-order valence-corrected chi connectivity index (χ2v) is 7.34. The second-order valence-electron chi connectivity index (χ2n) is 7.34. The molecule has 0 bridgehead atoms. The Hall–Kier alpha value is -2.01. The van der Waals surface area contributed by atoms with E-state index in [9.17, 15) is 9.18 Å². The monoisotopic (exact) mass is 316 g/mol. The van der Waals surface area contributed by atoms with Gasteiger partial charge in [-0.2, -0.15) is 0 Å². The number of nitrogens with zero attached hydrogens (tertiary/aromatic N) is 2. The topological polar surface area (TPSA) is 42.4 Å². The van der Waals surface area contributed by atoms with Crippen molar-refractivity contribution >= 4 is 16.8 Å². The van der Waals surface area contributed by atoms with E-state index < -0.39 is 11.2 Å². The van der Waals surface area contributed by atoms with Crippen molar-refractivity contribution < 1.29 is 13.9 Å². The van der Waals surface area contributed by atoms with Gasteiger partial charge in [-0.05, 0) is 52.0 Å². The predicted molar refractivity (Wildman–Crippen MR) is 86.8 cm³/mol. The van der Waals surface area contributed by atoms with E-state index in [1.807, 2.05) is 27.7 Å². The van der Waals surface area contributed by atoms with Crippen molar-refractivity contribution in [2.24, 2.45) is 0 Å². The van der Waals surface area contributed by atoms with Gasteiger partial charge < -0.3 is 9.64 Å². The number of amides is 1. The Balaban J connectivity index is 1.93. The highest BCUT2D eigenvalue weighted by molar-refractivity contribution is 5.97. The van der Waals surface area contributed by atoms with Crippen molar-refractivity contribution in [3.8, 4) is 0 Å². The van der Waals surface area contributed by atoms with Crippen LogP contribution in [0.4, 0.5) is 4.39 Å². The first-order valence-electron chi connectivity index (χ1n) is 7.70. The van der Waals surface area contributed by atoms with E-state index in [0.717, 1.165) is 0 Å². The van der Waals surface area contributed by atoms with Crippen molar-refractivity contribution in [1.29, 1.82) is 0 Å². The number of halogens is 1. The molecule has 2 aromatic rings. The highest BCUT2D eigenvalue weighted by atomic mass is 19.1. The summed E-state index contributed by atoms with van der Waals surface area (Å²) in [6.07, 6.45) is 1.55. The fraction of sp³-hybridized carbons (Fsp3) is 0.444. The lowest BCUT2D eigenvalue weighted by Crippen LogP contribution is -2.58. The third kappa shape index (κ3) is 3.34. The normalized spacial score (nSPS) is 19.8. The second kappa shape index (κ2) is 5.27. The molecule has 0 atom stereocenters. The third-order valence-electron chi connectivity index (χ3n) is 3.87. The van der Waals surface area contributed by atoms with E-state index in [-0.39, 0.29) is 11.7 Å². The number of pyridine rings is 1. The Labute approximate surface area is 135 Å². The lowest BCUT2D eigenvalue weighted by Gasteiger charge is -2.47. The van der Waals surface area contributed by atoms with Crippen molar-refractivity contribution in [3.63, 3.8) is 0 Å². The molecule has 122 valence electrons.